The van der Waals surface area contributed by atoms with Crippen LogP contribution >= 0.6 is 12.2 Å². The average molecular weight is 238 g/mol. The monoisotopic (exact) mass is 238 g/mol. The van der Waals surface area contributed by atoms with E-state index in [2.05, 4.69) is 29.7 Å². The van der Waals surface area contributed by atoms with Crippen molar-refractivity contribution in [1.29, 1.82) is 0 Å². The molecule has 16 heavy (non-hydrogen) atoms. The van der Waals surface area contributed by atoms with Gasteiger partial charge < -0.3 is 10.6 Å². The van der Waals surface area contributed by atoms with E-state index in [0.717, 1.165) is 17.6 Å². The normalized spacial score (nSPS) is 31.4. The summed E-state index contributed by atoms with van der Waals surface area (Å²) in [4.78, 5) is 0. The molecule has 3 unspecified atom stereocenters. The maximum atomic E-state index is 5.32. The van der Waals surface area contributed by atoms with Crippen molar-refractivity contribution in [2.45, 2.75) is 45.1 Å². The van der Waals surface area contributed by atoms with Crippen LogP contribution in [0.3, 0.4) is 0 Å². The van der Waals surface area contributed by atoms with E-state index in [9.17, 15) is 0 Å². The van der Waals surface area contributed by atoms with Gasteiger partial charge in [0.2, 0.25) is 0 Å². The van der Waals surface area contributed by atoms with Gasteiger partial charge >= 0.3 is 0 Å². The van der Waals surface area contributed by atoms with E-state index in [0.29, 0.717) is 12.0 Å². The van der Waals surface area contributed by atoms with Crippen LogP contribution < -0.4 is 10.6 Å². The molecule has 3 atom stereocenters. The van der Waals surface area contributed by atoms with Crippen LogP contribution in [-0.4, -0.2) is 17.7 Å². The number of nitrogens with one attached hydrogen (secondary N) is 2. The first-order valence-electron chi connectivity index (χ1n) is 6.52. The van der Waals surface area contributed by atoms with Crippen LogP contribution in [0, 0.1) is 11.8 Å². The predicted octanol–water partition coefficient (Wildman–Crippen LogP) is 2.61. The maximum absolute atomic E-state index is 5.32. The van der Waals surface area contributed by atoms with Crippen LogP contribution in [-0.2, 0) is 0 Å². The van der Waals surface area contributed by atoms with Crippen molar-refractivity contribution in [3.8, 4) is 0 Å². The molecule has 0 heterocycles. The van der Waals surface area contributed by atoms with Gasteiger partial charge in [0.25, 0.3) is 0 Å². The van der Waals surface area contributed by atoms with Crippen molar-refractivity contribution in [3.63, 3.8) is 0 Å². The van der Waals surface area contributed by atoms with Gasteiger partial charge in [-0.05, 0) is 49.7 Å². The van der Waals surface area contributed by atoms with Gasteiger partial charge in [-0.3, -0.25) is 0 Å². The van der Waals surface area contributed by atoms with Gasteiger partial charge in [0, 0.05) is 12.6 Å². The van der Waals surface area contributed by atoms with Crippen molar-refractivity contribution in [3.05, 3.63) is 12.2 Å². The summed E-state index contributed by atoms with van der Waals surface area (Å²) in [6.45, 7) is 3.20. The van der Waals surface area contributed by atoms with Crippen molar-refractivity contribution in [1.82, 2.24) is 10.6 Å². The molecular weight excluding hydrogens is 216 g/mol. The van der Waals surface area contributed by atoms with Gasteiger partial charge in [-0.2, -0.15) is 0 Å². The highest BCUT2D eigenvalue weighted by Gasteiger charge is 2.31. The zero-order valence-corrected chi connectivity index (χ0v) is 10.9. The number of thiocarbonyl (C=S) groups is 1. The first-order valence-corrected chi connectivity index (χ1v) is 6.93. The lowest BCUT2D eigenvalue weighted by atomic mass is 9.73. The van der Waals surface area contributed by atoms with Crippen LogP contribution in [0.15, 0.2) is 12.2 Å². The third-order valence-electron chi connectivity index (χ3n) is 3.71. The molecule has 0 radical (unpaired) electrons. The van der Waals surface area contributed by atoms with Gasteiger partial charge in [0.05, 0.1) is 0 Å². The summed E-state index contributed by atoms with van der Waals surface area (Å²) in [5.74, 6) is 1.50. The van der Waals surface area contributed by atoms with Crippen LogP contribution in [0.5, 0.6) is 0 Å². The molecule has 0 amide bonds. The minimum atomic E-state index is 0.574. The number of allylic oxidation sites excluding steroid dienone is 1. The summed E-state index contributed by atoms with van der Waals surface area (Å²) in [6.07, 6.45) is 11.1. The van der Waals surface area contributed by atoms with Gasteiger partial charge in [-0.15, -0.1) is 0 Å². The van der Waals surface area contributed by atoms with E-state index in [1.807, 2.05) is 0 Å². The van der Waals surface area contributed by atoms with Crippen LogP contribution in [0.25, 0.3) is 0 Å². The van der Waals surface area contributed by atoms with Gasteiger partial charge in [0.1, 0.15) is 0 Å². The number of hydrogen-bond donors (Lipinski definition) is 2. The fourth-order valence-corrected chi connectivity index (χ4v) is 2.95. The third-order valence-corrected chi connectivity index (χ3v) is 3.97. The lowest BCUT2D eigenvalue weighted by molar-refractivity contribution is 0.267. The number of fused-ring (bicyclic) bond motifs is 2. The van der Waals surface area contributed by atoms with E-state index in [4.69, 9.17) is 12.2 Å². The zero-order chi connectivity index (χ0) is 11.4. The Bertz CT molecular complexity index is 275. The van der Waals surface area contributed by atoms with E-state index in [1.165, 1.54) is 32.1 Å². The predicted molar refractivity (Wildman–Crippen MR) is 72.4 cm³/mol. The maximum Gasteiger partial charge on any atom is 0.166 e. The Morgan fingerprint density at radius 2 is 2.25 bits per heavy atom. The molecule has 3 rings (SSSR count). The van der Waals surface area contributed by atoms with Gasteiger partial charge in [-0.25, -0.2) is 0 Å². The second kappa shape index (κ2) is 5.67. The quantitative estimate of drug-likeness (QED) is 0.447. The summed E-state index contributed by atoms with van der Waals surface area (Å²) in [7, 11) is 0. The molecule has 3 aliphatic carbocycles. The minimum absolute atomic E-state index is 0.574. The average Bonchev–Trinajstić information content (AvgIpc) is 2.31. The van der Waals surface area contributed by atoms with E-state index < -0.39 is 0 Å². The van der Waals surface area contributed by atoms with Crippen molar-refractivity contribution in [2.75, 3.05) is 6.54 Å². The molecule has 0 spiro atoms. The third kappa shape index (κ3) is 2.97. The Morgan fingerprint density at radius 1 is 1.38 bits per heavy atom. The zero-order valence-electron chi connectivity index (χ0n) is 10.0. The molecule has 0 aliphatic heterocycles. The SMILES string of the molecule is CCCCNC(=S)NC1CC2C=CC1CC2. The highest BCUT2D eigenvalue weighted by molar-refractivity contribution is 7.80. The molecule has 0 aromatic rings. The molecule has 0 aromatic carbocycles. The molecule has 2 N–H and O–H groups in total. The fourth-order valence-electron chi connectivity index (χ4n) is 2.70. The van der Waals surface area contributed by atoms with E-state index >= 15 is 0 Å². The topological polar surface area (TPSA) is 24.1 Å². The van der Waals surface area contributed by atoms with Crippen LogP contribution in [0.1, 0.15) is 39.0 Å². The Kier molecular flexibility index (Phi) is 4.22. The Morgan fingerprint density at radius 3 is 2.81 bits per heavy atom. The van der Waals surface area contributed by atoms with Crippen LogP contribution in [0.2, 0.25) is 0 Å². The first kappa shape index (κ1) is 11.9. The molecule has 0 saturated heterocycles. The molecule has 1 fully saturated rings. The first-order chi connectivity index (χ1) is 7.79. The molecule has 2 nitrogen and oxygen atoms in total. The molecule has 3 heteroatoms. The minimum Gasteiger partial charge on any atom is -0.363 e. The Balaban J connectivity index is 1.73. The van der Waals surface area contributed by atoms with Gasteiger partial charge in [-0.1, -0.05) is 25.5 Å². The molecule has 90 valence electrons. The highest BCUT2D eigenvalue weighted by atomic mass is 32.1. The molecular formula is C13H22N2S. The fraction of sp³-hybridized carbons (Fsp3) is 0.769. The summed E-state index contributed by atoms with van der Waals surface area (Å²) in [6, 6.07) is 0.574. The summed E-state index contributed by atoms with van der Waals surface area (Å²) >= 11 is 5.32. The number of unbranched alkanes of at least 4 members (excludes halogenated alkanes) is 1. The lowest BCUT2D eigenvalue weighted by Gasteiger charge is -2.38. The number of hydrogen-bond acceptors (Lipinski definition) is 1. The summed E-state index contributed by atoms with van der Waals surface area (Å²) in [5.41, 5.74) is 0. The molecule has 3 aliphatic rings. The second-order valence-electron chi connectivity index (χ2n) is 4.98. The van der Waals surface area contributed by atoms with Crippen molar-refractivity contribution in [2.24, 2.45) is 11.8 Å². The molecule has 0 aromatic heterocycles. The standard InChI is InChI=1S/C13H22N2S/c1-2-3-8-14-13(16)15-12-9-10-4-6-11(12)7-5-10/h4,6,10-12H,2-3,5,7-9H2,1H3,(H2,14,15,16). The van der Waals surface area contributed by atoms with Crippen molar-refractivity contribution >= 4 is 17.3 Å². The smallest absolute Gasteiger partial charge is 0.166 e. The number of rotatable bonds is 4. The second-order valence-corrected chi connectivity index (χ2v) is 5.39. The Hall–Kier alpha value is -0.570. The Labute approximate surface area is 104 Å². The lowest BCUT2D eigenvalue weighted by Crippen LogP contribution is -2.48. The summed E-state index contributed by atoms with van der Waals surface area (Å²) < 4.78 is 0. The molecule has 1 saturated carbocycles. The largest absolute Gasteiger partial charge is 0.363 e. The molecule has 2 bridgehead atoms. The highest BCUT2D eigenvalue weighted by Crippen LogP contribution is 2.35. The van der Waals surface area contributed by atoms with Gasteiger partial charge in [0.15, 0.2) is 5.11 Å². The van der Waals surface area contributed by atoms with Crippen molar-refractivity contribution < 1.29 is 0 Å². The summed E-state index contributed by atoms with van der Waals surface area (Å²) in [5, 5.41) is 7.61. The van der Waals surface area contributed by atoms with E-state index in [1.54, 1.807) is 0 Å². The van der Waals surface area contributed by atoms with E-state index in [-0.39, 0.29) is 0 Å². The van der Waals surface area contributed by atoms with Crippen LogP contribution in [0.4, 0.5) is 0 Å².